The lowest BCUT2D eigenvalue weighted by atomic mass is 10.0. The van der Waals surface area contributed by atoms with Crippen LogP contribution in [0.2, 0.25) is 0 Å². The van der Waals surface area contributed by atoms with E-state index in [0.717, 1.165) is 25.7 Å². The Kier molecular flexibility index (Phi) is 3.43. The molecule has 2 rings (SSSR count). The molecule has 0 atom stereocenters. The summed E-state index contributed by atoms with van der Waals surface area (Å²) in [5.74, 6) is 0.794. The molecule has 1 aliphatic heterocycles. The number of anilines is 1. The average Bonchev–Trinajstić information content (AvgIpc) is 2.63. The maximum absolute atomic E-state index is 5.33. The number of thiophene rings is 1. The van der Waals surface area contributed by atoms with Crippen LogP contribution in [-0.4, -0.2) is 19.8 Å². The lowest BCUT2D eigenvalue weighted by Crippen LogP contribution is -2.22. The molecule has 3 heteroatoms. The highest BCUT2D eigenvalue weighted by Crippen LogP contribution is 2.21. The monoisotopic (exact) mass is 211 g/mol. The number of aryl methyl sites for hydroxylation is 1. The molecule has 14 heavy (non-hydrogen) atoms. The standard InChI is InChI=1S/C11H17NOS/c1-9-7-14-8-11(9)12-6-10-2-4-13-5-3-10/h7-8,10,12H,2-6H2,1H3. The highest BCUT2D eigenvalue weighted by atomic mass is 32.1. The first-order chi connectivity index (χ1) is 6.86. The van der Waals surface area contributed by atoms with Gasteiger partial charge in [-0.1, -0.05) is 0 Å². The Morgan fingerprint density at radius 2 is 2.21 bits per heavy atom. The van der Waals surface area contributed by atoms with Crippen LogP contribution >= 0.6 is 11.3 Å². The molecule has 78 valence electrons. The molecule has 0 saturated carbocycles. The van der Waals surface area contributed by atoms with Gasteiger partial charge in [0.1, 0.15) is 0 Å². The minimum atomic E-state index is 0.794. The average molecular weight is 211 g/mol. The molecule has 2 heterocycles. The third-order valence-electron chi connectivity index (χ3n) is 2.78. The second kappa shape index (κ2) is 4.80. The molecule has 1 fully saturated rings. The Balaban J connectivity index is 1.79. The summed E-state index contributed by atoms with van der Waals surface area (Å²) in [6.07, 6.45) is 2.41. The van der Waals surface area contributed by atoms with E-state index in [0.29, 0.717) is 0 Å². The summed E-state index contributed by atoms with van der Waals surface area (Å²) in [4.78, 5) is 0. The lowest BCUT2D eigenvalue weighted by Gasteiger charge is -2.22. The molecule has 0 bridgehead atoms. The van der Waals surface area contributed by atoms with Crippen molar-refractivity contribution >= 4 is 17.0 Å². The fourth-order valence-electron chi connectivity index (χ4n) is 1.75. The minimum Gasteiger partial charge on any atom is -0.384 e. The van der Waals surface area contributed by atoms with Crippen LogP contribution < -0.4 is 5.32 Å². The summed E-state index contributed by atoms with van der Waals surface area (Å²) in [5, 5.41) is 7.89. The second-order valence-corrected chi connectivity index (χ2v) is 4.65. The van der Waals surface area contributed by atoms with Crippen LogP contribution in [0.1, 0.15) is 18.4 Å². The lowest BCUT2D eigenvalue weighted by molar-refractivity contribution is 0.0699. The predicted molar refractivity (Wildman–Crippen MR) is 61.1 cm³/mol. The maximum Gasteiger partial charge on any atom is 0.0478 e. The summed E-state index contributed by atoms with van der Waals surface area (Å²) < 4.78 is 5.33. The Hall–Kier alpha value is -0.540. The van der Waals surface area contributed by atoms with E-state index in [1.165, 1.54) is 24.1 Å². The zero-order valence-corrected chi connectivity index (χ0v) is 9.40. The first-order valence-electron chi connectivity index (χ1n) is 5.20. The van der Waals surface area contributed by atoms with Crippen molar-refractivity contribution in [1.82, 2.24) is 0 Å². The number of hydrogen-bond acceptors (Lipinski definition) is 3. The molecular weight excluding hydrogens is 194 g/mol. The van der Waals surface area contributed by atoms with Gasteiger partial charge < -0.3 is 10.1 Å². The number of hydrogen-bond donors (Lipinski definition) is 1. The fraction of sp³-hybridized carbons (Fsp3) is 0.636. The van der Waals surface area contributed by atoms with Crippen molar-refractivity contribution in [3.05, 3.63) is 16.3 Å². The molecule has 0 spiro atoms. The van der Waals surface area contributed by atoms with E-state index in [9.17, 15) is 0 Å². The molecule has 1 aromatic heterocycles. The highest BCUT2D eigenvalue weighted by molar-refractivity contribution is 7.08. The van der Waals surface area contributed by atoms with Gasteiger partial charge in [0.2, 0.25) is 0 Å². The van der Waals surface area contributed by atoms with Gasteiger partial charge in [-0.15, -0.1) is 11.3 Å². The molecule has 1 saturated heterocycles. The molecular formula is C11H17NOS. The maximum atomic E-state index is 5.33. The summed E-state index contributed by atoms with van der Waals surface area (Å²) in [5.41, 5.74) is 2.67. The Morgan fingerprint density at radius 1 is 1.43 bits per heavy atom. The van der Waals surface area contributed by atoms with E-state index >= 15 is 0 Å². The van der Waals surface area contributed by atoms with Crippen LogP contribution in [0.4, 0.5) is 5.69 Å². The van der Waals surface area contributed by atoms with E-state index in [-0.39, 0.29) is 0 Å². The van der Waals surface area contributed by atoms with Crippen LogP contribution in [0.3, 0.4) is 0 Å². The van der Waals surface area contributed by atoms with Crippen molar-refractivity contribution in [1.29, 1.82) is 0 Å². The summed E-state index contributed by atoms with van der Waals surface area (Å²) in [6.45, 7) is 5.13. The van der Waals surface area contributed by atoms with Crippen molar-refractivity contribution in [2.45, 2.75) is 19.8 Å². The molecule has 0 aliphatic carbocycles. The summed E-state index contributed by atoms with van der Waals surface area (Å²) >= 11 is 1.77. The van der Waals surface area contributed by atoms with Gasteiger partial charge in [0.25, 0.3) is 0 Å². The number of rotatable bonds is 3. The van der Waals surface area contributed by atoms with Gasteiger partial charge >= 0.3 is 0 Å². The molecule has 0 radical (unpaired) electrons. The zero-order valence-electron chi connectivity index (χ0n) is 8.58. The van der Waals surface area contributed by atoms with E-state index in [2.05, 4.69) is 23.0 Å². The van der Waals surface area contributed by atoms with Gasteiger partial charge in [-0.2, -0.15) is 0 Å². The first-order valence-corrected chi connectivity index (χ1v) is 6.15. The highest BCUT2D eigenvalue weighted by Gasteiger charge is 2.13. The summed E-state index contributed by atoms with van der Waals surface area (Å²) in [7, 11) is 0. The van der Waals surface area contributed by atoms with Crippen LogP contribution in [-0.2, 0) is 4.74 Å². The van der Waals surface area contributed by atoms with Gasteiger partial charge in [0.15, 0.2) is 0 Å². The quantitative estimate of drug-likeness (QED) is 0.830. The van der Waals surface area contributed by atoms with Crippen LogP contribution in [0, 0.1) is 12.8 Å². The summed E-state index contributed by atoms with van der Waals surface area (Å²) in [6, 6.07) is 0. The van der Waals surface area contributed by atoms with Gasteiger partial charge in [0.05, 0.1) is 0 Å². The third-order valence-corrected chi connectivity index (χ3v) is 3.64. The Labute approximate surface area is 89.3 Å². The van der Waals surface area contributed by atoms with E-state index in [4.69, 9.17) is 4.74 Å². The number of nitrogens with one attached hydrogen (secondary N) is 1. The fourth-order valence-corrected chi connectivity index (χ4v) is 2.55. The van der Waals surface area contributed by atoms with Gasteiger partial charge in [0, 0.05) is 30.8 Å². The SMILES string of the molecule is Cc1cscc1NCC1CCOCC1. The minimum absolute atomic E-state index is 0.794. The Morgan fingerprint density at radius 3 is 2.86 bits per heavy atom. The predicted octanol–water partition coefficient (Wildman–Crippen LogP) is 2.90. The van der Waals surface area contributed by atoms with Crippen molar-refractivity contribution in [3.63, 3.8) is 0 Å². The van der Waals surface area contributed by atoms with Crippen molar-refractivity contribution in [2.24, 2.45) is 5.92 Å². The smallest absolute Gasteiger partial charge is 0.0478 e. The molecule has 1 aliphatic rings. The van der Waals surface area contributed by atoms with Gasteiger partial charge in [-0.05, 0) is 36.6 Å². The molecule has 1 aromatic rings. The van der Waals surface area contributed by atoms with E-state index in [1.54, 1.807) is 11.3 Å². The number of ether oxygens (including phenoxy) is 1. The largest absolute Gasteiger partial charge is 0.384 e. The van der Waals surface area contributed by atoms with E-state index in [1.807, 2.05) is 0 Å². The van der Waals surface area contributed by atoms with Crippen molar-refractivity contribution in [3.8, 4) is 0 Å². The van der Waals surface area contributed by atoms with Crippen LogP contribution in [0.5, 0.6) is 0 Å². The zero-order chi connectivity index (χ0) is 9.80. The van der Waals surface area contributed by atoms with Gasteiger partial charge in [-0.3, -0.25) is 0 Å². The molecule has 2 nitrogen and oxygen atoms in total. The van der Waals surface area contributed by atoms with Crippen molar-refractivity contribution < 1.29 is 4.74 Å². The van der Waals surface area contributed by atoms with Crippen LogP contribution in [0.25, 0.3) is 0 Å². The third kappa shape index (κ3) is 2.49. The molecule has 0 amide bonds. The molecule has 0 aromatic carbocycles. The second-order valence-electron chi connectivity index (χ2n) is 3.91. The van der Waals surface area contributed by atoms with E-state index < -0.39 is 0 Å². The Bertz CT molecular complexity index is 279. The van der Waals surface area contributed by atoms with Gasteiger partial charge in [-0.25, -0.2) is 0 Å². The molecule has 0 unspecified atom stereocenters. The topological polar surface area (TPSA) is 21.3 Å². The molecule has 1 N–H and O–H groups in total. The first kappa shape index (κ1) is 9.99. The normalized spacial score (nSPS) is 18.4. The van der Waals surface area contributed by atoms with Crippen molar-refractivity contribution in [2.75, 3.05) is 25.1 Å². The van der Waals surface area contributed by atoms with Crippen LogP contribution in [0.15, 0.2) is 10.8 Å².